The molecule has 0 bridgehead atoms. The van der Waals surface area contributed by atoms with E-state index in [1.54, 1.807) is 6.92 Å². The predicted molar refractivity (Wildman–Crippen MR) is 61.2 cm³/mol. The van der Waals surface area contributed by atoms with E-state index < -0.39 is 32.5 Å². The van der Waals surface area contributed by atoms with Crippen LogP contribution in [0.1, 0.15) is 13.3 Å². The molecule has 0 radical (unpaired) electrons. The Morgan fingerprint density at radius 2 is 2.19 bits per heavy atom. The number of sulfone groups is 1. The average molecular weight is 268 g/mol. The zero-order valence-corrected chi connectivity index (χ0v) is 11.0. The van der Waals surface area contributed by atoms with Crippen molar-refractivity contribution in [3.63, 3.8) is 0 Å². The molecule has 3 atom stereocenters. The number of esters is 1. The molecule has 1 aliphatic rings. The summed E-state index contributed by atoms with van der Waals surface area (Å²) in [5, 5.41) is -0.322. The van der Waals surface area contributed by atoms with Crippen LogP contribution < -0.4 is 0 Å². The van der Waals surface area contributed by atoms with Crippen LogP contribution in [-0.2, 0) is 30.2 Å². The first-order valence-electron chi connectivity index (χ1n) is 5.01. The molecular weight excluding hydrogens is 252 g/mol. The van der Waals surface area contributed by atoms with Gasteiger partial charge in [-0.15, -0.1) is 0 Å². The zero-order valence-electron chi connectivity index (χ0n) is 9.34. The van der Waals surface area contributed by atoms with Gasteiger partial charge in [-0.05, 0) is 6.42 Å². The minimum Gasteiger partial charge on any atom is -0.469 e. The summed E-state index contributed by atoms with van der Waals surface area (Å²) in [6.45, 7) is 1.63. The maximum atomic E-state index is 11.8. The van der Waals surface area contributed by atoms with Crippen LogP contribution in [0.2, 0.25) is 0 Å². The number of rotatable bonds is 4. The van der Waals surface area contributed by atoms with E-state index in [0.717, 1.165) is 0 Å². The molecule has 3 unspecified atom stereocenters. The van der Waals surface area contributed by atoms with Crippen molar-refractivity contribution in [3.8, 4) is 0 Å². The van der Waals surface area contributed by atoms with Gasteiger partial charge in [0.1, 0.15) is 0 Å². The fourth-order valence-corrected chi connectivity index (χ4v) is 5.82. The second kappa shape index (κ2) is 5.27. The first-order chi connectivity index (χ1) is 7.35. The summed E-state index contributed by atoms with van der Waals surface area (Å²) in [5.41, 5.74) is 0. The van der Waals surface area contributed by atoms with Gasteiger partial charge < -0.3 is 4.74 Å². The summed E-state index contributed by atoms with van der Waals surface area (Å²) in [6, 6.07) is 0. The van der Waals surface area contributed by atoms with Gasteiger partial charge in [-0.3, -0.25) is 9.00 Å². The highest BCUT2D eigenvalue weighted by atomic mass is 32.2. The molecule has 1 heterocycles. The van der Waals surface area contributed by atoms with Crippen molar-refractivity contribution < 1.29 is 22.2 Å². The number of carbonyl (C=O) groups is 1. The summed E-state index contributed by atoms with van der Waals surface area (Å²) < 4.78 is 38.7. The Morgan fingerprint density at radius 3 is 2.62 bits per heavy atom. The Balaban J connectivity index is 2.51. The number of hydrogen-bond acceptors (Lipinski definition) is 5. The Bertz CT molecular complexity index is 387. The number of hydrogen-bond donors (Lipinski definition) is 0. The third-order valence-electron chi connectivity index (χ3n) is 2.58. The first kappa shape index (κ1) is 13.6. The van der Waals surface area contributed by atoms with E-state index in [1.165, 1.54) is 7.11 Å². The molecule has 1 fully saturated rings. The van der Waals surface area contributed by atoms with E-state index in [9.17, 15) is 17.4 Å². The van der Waals surface area contributed by atoms with Gasteiger partial charge >= 0.3 is 5.97 Å². The van der Waals surface area contributed by atoms with Crippen LogP contribution >= 0.6 is 0 Å². The topological polar surface area (TPSA) is 77.5 Å². The smallest absolute Gasteiger partial charge is 0.309 e. The van der Waals surface area contributed by atoms with Gasteiger partial charge in [0.25, 0.3) is 0 Å². The first-order valence-corrected chi connectivity index (χ1v) is 8.21. The third kappa shape index (κ3) is 3.55. The van der Waals surface area contributed by atoms with Crippen LogP contribution in [0.4, 0.5) is 0 Å². The van der Waals surface area contributed by atoms with Crippen molar-refractivity contribution in [2.75, 3.05) is 24.4 Å². The average Bonchev–Trinajstić information content (AvgIpc) is 2.57. The monoisotopic (exact) mass is 268 g/mol. The maximum absolute atomic E-state index is 11.8. The van der Waals surface area contributed by atoms with Crippen LogP contribution in [0.15, 0.2) is 0 Å². The van der Waals surface area contributed by atoms with Crippen molar-refractivity contribution in [2.45, 2.75) is 18.6 Å². The highest BCUT2D eigenvalue weighted by Crippen LogP contribution is 2.18. The molecule has 0 aromatic rings. The van der Waals surface area contributed by atoms with Gasteiger partial charge in [0.15, 0.2) is 9.84 Å². The molecule has 0 aliphatic carbocycles. The molecule has 0 aromatic carbocycles. The van der Waals surface area contributed by atoms with Gasteiger partial charge in [0, 0.05) is 21.8 Å². The van der Waals surface area contributed by atoms with E-state index >= 15 is 0 Å². The summed E-state index contributed by atoms with van der Waals surface area (Å²) in [6.07, 6.45) is 0.433. The van der Waals surface area contributed by atoms with Crippen molar-refractivity contribution >= 4 is 26.6 Å². The lowest BCUT2D eigenvalue weighted by Gasteiger charge is -2.11. The Kier molecular flexibility index (Phi) is 4.49. The highest BCUT2D eigenvalue weighted by Gasteiger charge is 2.33. The summed E-state index contributed by atoms with van der Waals surface area (Å²) in [4.78, 5) is 11.1. The standard InChI is InChI=1S/C9H16O5S2/c1-7(9(10)14-2)5-15(11)8-3-4-16(12,13)6-8/h7-8H,3-6H2,1-2H3. The fourth-order valence-electron chi connectivity index (χ4n) is 1.62. The molecule has 0 N–H and O–H groups in total. The maximum Gasteiger partial charge on any atom is 0.309 e. The van der Waals surface area contributed by atoms with E-state index in [0.29, 0.717) is 6.42 Å². The quantitative estimate of drug-likeness (QED) is 0.656. The van der Waals surface area contributed by atoms with Crippen LogP contribution in [0.25, 0.3) is 0 Å². The molecule has 94 valence electrons. The zero-order chi connectivity index (χ0) is 12.3. The lowest BCUT2D eigenvalue weighted by Crippen LogP contribution is -2.26. The number of carbonyl (C=O) groups excluding carboxylic acids is 1. The fraction of sp³-hybridized carbons (Fsp3) is 0.889. The van der Waals surface area contributed by atoms with E-state index in [4.69, 9.17) is 0 Å². The molecule has 0 saturated carbocycles. The van der Waals surface area contributed by atoms with Gasteiger partial charge in [-0.25, -0.2) is 8.42 Å². The van der Waals surface area contributed by atoms with Crippen LogP contribution in [0, 0.1) is 5.92 Å². The minimum absolute atomic E-state index is 0.0203. The van der Waals surface area contributed by atoms with Gasteiger partial charge in [0.2, 0.25) is 0 Å². The van der Waals surface area contributed by atoms with Crippen molar-refractivity contribution in [1.29, 1.82) is 0 Å². The molecule has 0 aromatic heterocycles. The molecule has 1 saturated heterocycles. The van der Waals surface area contributed by atoms with Gasteiger partial charge in [-0.1, -0.05) is 6.92 Å². The minimum atomic E-state index is -3.01. The number of methoxy groups -OCH3 is 1. The lowest BCUT2D eigenvalue weighted by atomic mass is 10.2. The Hall–Kier alpha value is -0.430. The second-order valence-corrected chi connectivity index (χ2v) is 7.99. The van der Waals surface area contributed by atoms with E-state index in [-0.39, 0.29) is 22.5 Å². The van der Waals surface area contributed by atoms with Crippen molar-refractivity contribution in [1.82, 2.24) is 0 Å². The van der Waals surface area contributed by atoms with Crippen molar-refractivity contribution in [3.05, 3.63) is 0 Å². The van der Waals surface area contributed by atoms with Gasteiger partial charge in [-0.2, -0.15) is 0 Å². The summed E-state index contributed by atoms with van der Waals surface area (Å²) >= 11 is 0. The highest BCUT2D eigenvalue weighted by molar-refractivity contribution is 7.94. The Labute approximate surface area is 97.9 Å². The lowest BCUT2D eigenvalue weighted by molar-refractivity contribution is -0.144. The number of ether oxygens (including phenoxy) is 1. The molecule has 0 spiro atoms. The van der Waals surface area contributed by atoms with Crippen molar-refractivity contribution in [2.24, 2.45) is 5.92 Å². The molecule has 1 aliphatic heterocycles. The summed E-state index contributed by atoms with van der Waals surface area (Å²) in [5.74, 6) is -0.598. The molecule has 1 rings (SSSR count). The SMILES string of the molecule is COC(=O)C(C)CS(=O)C1CCS(=O)(=O)C1. The Morgan fingerprint density at radius 1 is 1.56 bits per heavy atom. The van der Waals surface area contributed by atoms with Gasteiger partial charge in [0.05, 0.1) is 24.5 Å². The normalized spacial score (nSPS) is 27.2. The molecule has 0 amide bonds. The van der Waals surface area contributed by atoms with E-state index in [1.807, 2.05) is 0 Å². The van der Waals surface area contributed by atoms with Crippen LogP contribution in [-0.4, -0.2) is 48.2 Å². The largest absolute Gasteiger partial charge is 0.469 e. The third-order valence-corrected chi connectivity index (χ3v) is 6.53. The molecule has 5 nitrogen and oxygen atoms in total. The molecule has 7 heteroatoms. The summed E-state index contributed by atoms with van der Waals surface area (Å²) in [7, 11) is -3.01. The predicted octanol–water partition coefficient (Wildman–Crippen LogP) is -0.269. The van der Waals surface area contributed by atoms with E-state index in [2.05, 4.69) is 4.74 Å². The van der Waals surface area contributed by atoms with Crippen LogP contribution in [0.5, 0.6) is 0 Å². The van der Waals surface area contributed by atoms with Crippen LogP contribution in [0.3, 0.4) is 0 Å². The molecule has 16 heavy (non-hydrogen) atoms. The molecular formula is C9H16O5S2. The second-order valence-electron chi connectivity index (χ2n) is 4.00.